The summed E-state index contributed by atoms with van der Waals surface area (Å²) in [6.45, 7) is 12.0. The van der Waals surface area contributed by atoms with Gasteiger partial charge in [0.25, 0.3) is 40.1 Å². The number of allylic oxidation sites excluding steroid dienone is 1. The first-order valence-corrected chi connectivity index (χ1v) is 43.5. The number of aromatic nitrogens is 16. The molecule has 0 spiro atoms. The Morgan fingerprint density at radius 1 is 0.364 bits per heavy atom. The van der Waals surface area contributed by atoms with Crippen molar-refractivity contribution in [2.24, 2.45) is 0 Å². The number of H-pyrrole nitrogens is 3. The highest BCUT2D eigenvalue weighted by Gasteiger charge is 2.31. The Labute approximate surface area is 719 Å². The number of carbonyl (C=O) groups excluding carboxylic acids is 4. The van der Waals surface area contributed by atoms with Gasteiger partial charge in [0.05, 0.1) is 69.4 Å². The van der Waals surface area contributed by atoms with Crippen LogP contribution in [0, 0.1) is 48.5 Å². The summed E-state index contributed by atoms with van der Waals surface area (Å²) in [5, 5.41) is 2.88. The van der Waals surface area contributed by atoms with Crippen LogP contribution in [-0.4, -0.2) is 137 Å². The van der Waals surface area contributed by atoms with Gasteiger partial charge in [0.1, 0.15) is 87.2 Å². The Morgan fingerprint density at radius 3 is 1.26 bits per heavy atom. The molecule has 0 saturated heterocycles. The predicted octanol–water partition coefficient (Wildman–Crippen LogP) is 15.1. The Balaban J connectivity index is 0.000000139. The van der Waals surface area contributed by atoms with Gasteiger partial charge in [-0.1, -0.05) is 81.8 Å². The van der Waals surface area contributed by atoms with Crippen molar-refractivity contribution in [2.75, 3.05) is 18.9 Å². The van der Waals surface area contributed by atoms with Crippen molar-refractivity contribution in [3.05, 3.63) is 304 Å². The molecule has 7 N–H and O–H groups in total. The molecule has 11 aromatic heterocycles. The maximum atomic E-state index is 13.3. The molecule has 614 valence electrons. The van der Waals surface area contributed by atoms with E-state index in [9.17, 15) is 52.8 Å². The summed E-state index contributed by atoms with van der Waals surface area (Å²) < 4.78 is 113. The average Bonchev–Trinajstić information content (AvgIpc) is 1.77. The minimum Gasteiger partial charge on any atom is -0.346 e. The van der Waals surface area contributed by atoms with E-state index in [1.54, 1.807) is 85.1 Å². The van der Waals surface area contributed by atoms with E-state index >= 15 is 0 Å². The quantitative estimate of drug-likeness (QED) is 0.0348. The van der Waals surface area contributed by atoms with Gasteiger partial charge in [-0.15, -0.1) is 0 Å². The first kappa shape index (κ1) is 86.4. The van der Waals surface area contributed by atoms with Gasteiger partial charge in [0, 0.05) is 75.0 Å². The van der Waals surface area contributed by atoms with Gasteiger partial charge in [-0.2, -0.15) is 0 Å². The van der Waals surface area contributed by atoms with Crippen molar-refractivity contribution in [3.63, 3.8) is 0 Å². The van der Waals surface area contributed by atoms with Crippen LogP contribution >= 0.6 is 69.6 Å². The molecule has 11 heterocycles. The second kappa shape index (κ2) is 35.4. The average molecular weight is 1820 g/mol. The highest BCUT2D eigenvalue weighted by atomic mass is 35.5. The number of rotatable bonds is 20. The number of halogens is 6. The number of pyridine rings is 4. The molecule has 1 aliphatic carbocycles. The second-order valence-electron chi connectivity index (χ2n) is 26.7. The Bertz CT molecular complexity index is 7070. The third kappa shape index (κ3) is 19.2. The molecule has 0 aliphatic heterocycles. The molecule has 32 nitrogen and oxygen atoms in total. The van der Waals surface area contributed by atoms with Crippen LogP contribution in [0.3, 0.4) is 0 Å². The zero-order valence-electron chi connectivity index (χ0n) is 63.6. The Kier molecular flexibility index (Phi) is 25.3. The van der Waals surface area contributed by atoms with Crippen molar-refractivity contribution in [1.82, 2.24) is 79.7 Å². The molecule has 0 radical (unpaired) electrons. The van der Waals surface area contributed by atoms with E-state index in [-0.39, 0.29) is 103 Å². The second-order valence-corrected chi connectivity index (χ2v) is 35.9. The van der Waals surface area contributed by atoms with Crippen LogP contribution in [0.4, 0.5) is 22.7 Å². The van der Waals surface area contributed by atoms with E-state index in [0.717, 1.165) is 5.69 Å². The number of fused-ring (bicyclic) bond motifs is 4. The molecular formula is C79H60Cl6N20O12S4. The van der Waals surface area contributed by atoms with Gasteiger partial charge in [-0.25, -0.2) is 83.5 Å². The minimum absolute atomic E-state index is 0.00589. The summed E-state index contributed by atoms with van der Waals surface area (Å²) in [4.78, 5) is 115. The van der Waals surface area contributed by atoms with E-state index < -0.39 is 63.2 Å². The topological polar surface area (TPSA) is 468 Å². The third-order valence-corrected chi connectivity index (χ3v) is 25.5. The van der Waals surface area contributed by atoms with Gasteiger partial charge in [-0.3, -0.25) is 53.0 Å². The van der Waals surface area contributed by atoms with E-state index in [1.807, 2.05) is 6.08 Å². The van der Waals surface area contributed by atoms with Crippen LogP contribution in [-0.2, 0) is 46.5 Å². The molecule has 0 atom stereocenters. The van der Waals surface area contributed by atoms with Crippen LogP contribution in [0.15, 0.2) is 197 Å². The fourth-order valence-corrected chi connectivity index (χ4v) is 17.3. The number of aryl methyl sites for hydroxylation is 7. The van der Waals surface area contributed by atoms with E-state index in [1.165, 1.54) is 141 Å². The Hall–Kier alpha value is -12.5. The number of ketones is 4. The zero-order chi connectivity index (χ0) is 86.7. The number of anilines is 4. The highest BCUT2D eigenvalue weighted by Crippen LogP contribution is 2.34. The molecule has 16 rings (SSSR count). The van der Waals surface area contributed by atoms with E-state index in [4.69, 9.17) is 69.6 Å². The van der Waals surface area contributed by atoms with Crippen molar-refractivity contribution < 1.29 is 52.8 Å². The standard InChI is InChI=1S/C21H18ClN5O3S.C20H14Cl2N4O3S.C19H13Cl2N5O3S.C19H15ClN6O3S/c1-11-8-17(27-31(29,30)14-4-5-16(22)12(2)9-14)19(24-10-11)20(28)18-15-6-7-23-21(15)26-13(3)25-18;1-11-7-13(5-6-15(11)22)30(28,29)26-17-8-12(21)9-23-19(17)20(27)18-14-3-2-4-16(14)24-10-25-18;1-10-6-15(26-30(28,29)11-2-3-13(20)14(21)7-11)17(23-8-10)18(27)16-12-4-5-22-19(12)25-9-24-16;1-10-5-14(26-30(28,29)12-3-4-13(20)11(2)6-12)15(21-7-10)18(27)16-17-19(24-8-22-16)25-9-23-17/h4-10,27H,1-3H3,(H,23,25,26);2-3,5-10,26H,4H2,1H3;2-9,26H,1H3,(H,22,24,25);3-9,26H,1-2H3,(H,22,23,24,25). The smallest absolute Gasteiger partial charge is 0.262 e. The first-order chi connectivity index (χ1) is 57.4. The molecule has 15 aromatic rings. The number of aromatic amines is 3. The van der Waals surface area contributed by atoms with Gasteiger partial charge in [-0.05, 0) is 191 Å². The lowest BCUT2D eigenvalue weighted by Gasteiger charge is -2.13. The van der Waals surface area contributed by atoms with Crippen molar-refractivity contribution in [1.29, 1.82) is 0 Å². The fourth-order valence-electron chi connectivity index (χ4n) is 11.9. The summed E-state index contributed by atoms with van der Waals surface area (Å²) in [5.74, 6) is -1.77. The van der Waals surface area contributed by atoms with Crippen LogP contribution in [0.5, 0.6) is 0 Å². The van der Waals surface area contributed by atoms with Crippen molar-refractivity contribution in [3.8, 4) is 0 Å². The first-order valence-electron chi connectivity index (χ1n) is 35.3. The number of nitrogens with one attached hydrogen (secondary N) is 7. The minimum atomic E-state index is -4.06. The summed E-state index contributed by atoms with van der Waals surface area (Å²) in [6.07, 6.45) is 18.4. The van der Waals surface area contributed by atoms with Crippen molar-refractivity contribution >= 4 is 195 Å². The lowest BCUT2D eigenvalue weighted by Crippen LogP contribution is -2.18. The molecule has 4 aromatic carbocycles. The van der Waals surface area contributed by atoms with E-state index in [0.29, 0.717) is 99.5 Å². The van der Waals surface area contributed by atoms with Crippen LogP contribution in [0.2, 0.25) is 30.1 Å². The number of imidazole rings is 1. The molecule has 121 heavy (non-hydrogen) atoms. The number of nitrogens with zero attached hydrogens (tertiary/aromatic N) is 13. The lowest BCUT2D eigenvalue weighted by atomic mass is 10.1. The van der Waals surface area contributed by atoms with Crippen LogP contribution in [0.25, 0.3) is 39.3 Å². The maximum Gasteiger partial charge on any atom is 0.262 e. The van der Waals surface area contributed by atoms with E-state index in [2.05, 4.69) is 98.6 Å². The molecule has 1 aliphatic rings. The number of benzene rings is 4. The summed E-state index contributed by atoms with van der Waals surface area (Å²) in [5.41, 5.74) is 6.99. The number of hydrogen-bond acceptors (Lipinski definition) is 25. The van der Waals surface area contributed by atoms with Gasteiger partial charge in [0.2, 0.25) is 23.1 Å². The number of hydrogen-bond donors (Lipinski definition) is 7. The van der Waals surface area contributed by atoms with Gasteiger partial charge >= 0.3 is 0 Å². The monoisotopic (exact) mass is 1820 g/mol. The summed E-state index contributed by atoms with van der Waals surface area (Å²) in [7, 11) is -16.1. The molecule has 0 unspecified atom stereocenters. The highest BCUT2D eigenvalue weighted by molar-refractivity contribution is 7.93. The number of carbonyl (C=O) groups is 4. The lowest BCUT2D eigenvalue weighted by molar-refractivity contribution is 0.102. The largest absolute Gasteiger partial charge is 0.346 e. The van der Waals surface area contributed by atoms with Gasteiger partial charge < -0.3 is 15.0 Å². The molecule has 0 bridgehead atoms. The van der Waals surface area contributed by atoms with Gasteiger partial charge in [0.15, 0.2) is 5.65 Å². The predicted molar refractivity (Wildman–Crippen MR) is 457 cm³/mol. The molecule has 42 heteroatoms. The maximum absolute atomic E-state index is 13.3. The van der Waals surface area contributed by atoms with Crippen LogP contribution < -0.4 is 18.9 Å². The summed E-state index contributed by atoms with van der Waals surface area (Å²) >= 11 is 35.8. The summed E-state index contributed by atoms with van der Waals surface area (Å²) in [6, 6.07) is 26.2. The van der Waals surface area contributed by atoms with Crippen LogP contribution in [0.1, 0.15) is 115 Å². The molecule has 0 amide bonds. The molecular weight excluding hydrogens is 1760 g/mol. The molecule has 0 fully saturated rings. The fraction of sp³-hybridized carbons (Fsp3) is 0.101. The normalized spacial score (nSPS) is 11.8. The van der Waals surface area contributed by atoms with Crippen molar-refractivity contribution in [2.45, 2.75) is 74.5 Å². The zero-order valence-corrected chi connectivity index (χ0v) is 71.4. The Morgan fingerprint density at radius 2 is 0.769 bits per heavy atom. The third-order valence-electron chi connectivity index (χ3n) is 17.8. The number of sulfonamides is 4. The molecule has 0 saturated carbocycles. The SMILES string of the molecule is Cc1cc(S(=O)(=O)Nc2cc(Cl)cnc2C(=O)c2ncnc3c2C=CC3)ccc1Cl.Cc1cnc(C(=O)c2nc(C)nc3[nH]ccc23)c(NS(=O)(=O)c2ccc(Cl)c(C)c2)c1.Cc1cnc(C(=O)c2ncnc3[nH]ccc23)c(NS(=O)(=O)c2ccc(Cl)c(Cl)c2)c1.Cc1cnc(C(=O)c2ncnc3nc[nH]c23)c(NS(=O)(=O)c2ccc(Cl)c(C)c2)c1.